The summed E-state index contributed by atoms with van der Waals surface area (Å²) < 4.78 is 13.2. The monoisotopic (exact) mass is 196 g/mol. The second-order valence-corrected chi connectivity index (χ2v) is 3.58. The second kappa shape index (κ2) is 5.70. The van der Waals surface area contributed by atoms with Gasteiger partial charge < -0.3 is 5.32 Å². The zero-order chi connectivity index (χ0) is 10.4. The van der Waals surface area contributed by atoms with Crippen LogP contribution in [0.2, 0.25) is 0 Å². The van der Waals surface area contributed by atoms with Gasteiger partial charge in [-0.05, 0) is 37.1 Å². The highest BCUT2D eigenvalue weighted by Gasteiger charge is 2.06. The van der Waals surface area contributed by atoms with Crippen molar-refractivity contribution < 1.29 is 4.39 Å². The third kappa shape index (κ3) is 3.42. The maximum atomic E-state index is 13.2. The molecule has 0 aromatic carbocycles. The quantitative estimate of drug-likeness (QED) is 0.779. The van der Waals surface area contributed by atoms with Crippen molar-refractivity contribution in [1.29, 1.82) is 0 Å². The number of pyridine rings is 1. The molecule has 3 heteroatoms. The maximum Gasteiger partial charge on any atom is 0.144 e. The molecule has 0 fully saturated rings. The van der Waals surface area contributed by atoms with Crippen LogP contribution in [-0.4, -0.2) is 18.1 Å². The number of halogens is 1. The van der Waals surface area contributed by atoms with Crippen LogP contribution in [0, 0.1) is 11.7 Å². The van der Waals surface area contributed by atoms with Gasteiger partial charge in [0.15, 0.2) is 0 Å². The number of hydrogen-bond acceptors (Lipinski definition) is 2. The molecule has 1 heterocycles. The van der Waals surface area contributed by atoms with Crippen molar-refractivity contribution in [3.63, 3.8) is 0 Å². The van der Waals surface area contributed by atoms with Gasteiger partial charge in [0.1, 0.15) is 5.82 Å². The molecule has 1 N–H and O–H groups in total. The molecular formula is C11H17FN2. The summed E-state index contributed by atoms with van der Waals surface area (Å²) in [6.07, 6.45) is 3.68. The molecular weight excluding hydrogens is 179 g/mol. The van der Waals surface area contributed by atoms with Crippen LogP contribution in [0.4, 0.5) is 4.39 Å². The van der Waals surface area contributed by atoms with E-state index >= 15 is 0 Å². The Bertz CT molecular complexity index is 276. The minimum absolute atomic E-state index is 0.198. The van der Waals surface area contributed by atoms with Gasteiger partial charge in [-0.15, -0.1) is 0 Å². The van der Waals surface area contributed by atoms with Gasteiger partial charge in [0.25, 0.3) is 0 Å². The summed E-state index contributed by atoms with van der Waals surface area (Å²) in [6, 6.07) is 1.75. The number of hydrogen-bond donors (Lipinski definition) is 1. The summed E-state index contributed by atoms with van der Waals surface area (Å²) in [4.78, 5) is 3.72. The number of rotatable bonds is 5. The van der Waals surface area contributed by atoms with Crippen LogP contribution in [0.3, 0.4) is 0 Å². The highest BCUT2D eigenvalue weighted by molar-refractivity contribution is 5.13. The van der Waals surface area contributed by atoms with Crippen LogP contribution in [0.15, 0.2) is 18.5 Å². The summed E-state index contributed by atoms with van der Waals surface area (Å²) >= 11 is 0. The van der Waals surface area contributed by atoms with Crippen molar-refractivity contribution in [1.82, 2.24) is 10.3 Å². The molecule has 1 aromatic rings. The first-order valence-electron chi connectivity index (χ1n) is 5.03. The largest absolute Gasteiger partial charge is 0.317 e. The second-order valence-electron chi connectivity index (χ2n) is 3.58. The first kappa shape index (κ1) is 11.1. The van der Waals surface area contributed by atoms with Crippen LogP contribution < -0.4 is 5.32 Å². The van der Waals surface area contributed by atoms with Gasteiger partial charge in [-0.3, -0.25) is 4.98 Å². The molecule has 1 unspecified atom stereocenters. The Hall–Kier alpha value is -0.960. The number of aromatic nitrogens is 1. The van der Waals surface area contributed by atoms with Crippen LogP contribution in [0.5, 0.6) is 0 Å². The van der Waals surface area contributed by atoms with Crippen molar-refractivity contribution in [3.05, 3.63) is 29.8 Å². The Morgan fingerprint density at radius 2 is 2.36 bits per heavy atom. The number of nitrogens with one attached hydrogen (secondary N) is 1. The SMILES string of the molecule is CCNCC(C)Cc1ccncc1F. The van der Waals surface area contributed by atoms with E-state index in [-0.39, 0.29) is 5.82 Å². The van der Waals surface area contributed by atoms with Crippen molar-refractivity contribution in [2.24, 2.45) is 5.92 Å². The molecule has 0 aliphatic heterocycles. The predicted octanol–water partition coefficient (Wildman–Crippen LogP) is 2.01. The lowest BCUT2D eigenvalue weighted by molar-refractivity contribution is 0.504. The van der Waals surface area contributed by atoms with E-state index in [9.17, 15) is 4.39 Å². The van der Waals surface area contributed by atoms with E-state index in [1.165, 1.54) is 6.20 Å². The Morgan fingerprint density at radius 3 is 3.00 bits per heavy atom. The molecule has 0 radical (unpaired) electrons. The topological polar surface area (TPSA) is 24.9 Å². The van der Waals surface area contributed by atoms with E-state index in [1.54, 1.807) is 12.3 Å². The first-order chi connectivity index (χ1) is 6.74. The molecule has 2 nitrogen and oxygen atoms in total. The molecule has 0 spiro atoms. The van der Waals surface area contributed by atoms with Crippen molar-refractivity contribution in [2.75, 3.05) is 13.1 Å². The van der Waals surface area contributed by atoms with Gasteiger partial charge in [0.05, 0.1) is 6.20 Å². The average Bonchev–Trinajstić information content (AvgIpc) is 2.18. The minimum atomic E-state index is -0.198. The minimum Gasteiger partial charge on any atom is -0.317 e. The zero-order valence-electron chi connectivity index (χ0n) is 8.76. The fourth-order valence-electron chi connectivity index (χ4n) is 1.41. The molecule has 1 aromatic heterocycles. The zero-order valence-corrected chi connectivity index (χ0v) is 8.76. The molecule has 78 valence electrons. The summed E-state index contributed by atoms with van der Waals surface area (Å²) in [5.74, 6) is 0.252. The molecule has 1 atom stereocenters. The van der Waals surface area contributed by atoms with E-state index < -0.39 is 0 Å². The van der Waals surface area contributed by atoms with E-state index in [1.807, 2.05) is 0 Å². The molecule has 0 amide bonds. The van der Waals surface area contributed by atoms with E-state index in [4.69, 9.17) is 0 Å². The van der Waals surface area contributed by atoms with Crippen LogP contribution in [0.1, 0.15) is 19.4 Å². The molecule has 0 aliphatic rings. The Labute approximate surface area is 84.6 Å². The van der Waals surface area contributed by atoms with Crippen molar-refractivity contribution >= 4 is 0 Å². The summed E-state index contributed by atoms with van der Waals surface area (Å²) in [6.45, 7) is 6.07. The average molecular weight is 196 g/mol. The third-order valence-electron chi connectivity index (χ3n) is 2.17. The van der Waals surface area contributed by atoms with Gasteiger partial charge >= 0.3 is 0 Å². The Kier molecular flexibility index (Phi) is 4.53. The third-order valence-corrected chi connectivity index (χ3v) is 2.17. The van der Waals surface area contributed by atoms with Gasteiger partial charge in [-0.25, -0.2) is 4.39 Å². The lowest BCUT2D eigenvalue weighted by Gasteiger charge is -2.11. The highest BCUT2D eigenvalue weighted by Crippen LogP contribution is 2.10. The fourth-order valence-corrected chi connectivity index (χ4v) is 1.41. The molecule has 14 heavy (non-hydrogen) atoms. The van der Waals surface area contributed by atoms with Gasteiger partial charge in [-0.2, -0.15) is 0 Å². The Balaban J connectivity index is 2.47. The lowest BCUT2D eigenvalue weighted by atomic mass is 10.0. The highest BCUT2D eigenvalue weighted by atomic mass is 19.1. The van der Waals surface area contributed by atoms with Crippen LogP contribution in [-0.2, 0) is 6.42 Å². The van der Waals surface area contributed by atoms with E-state index in [0.29, 0.717) is 5.92 Å². The molecule has 0 aliphatic carbocycles. The maximum absolute atomic E-state index is 13.2. The molecule has 0 bridgehead atoms. The number of nitrogens with zero attached hydrogens (tertiary/aromatic N) is 1. The van der Waals surface area contributed by atoms with Gasteiger partial charge in [-0.1, -0.05) is 13.8 Å². The van der Waals surface area contributed by atoms with Crippen molar-refractivity contribution in [3.8, 4) is 0 Å². The summed E-state index contributed by atoms with van der Waals surface area (Å²) in [5.41, 5.74) is 0.755. The van der Waals surface area contributed by atoms with Crippen LogP contribution >= 0.6 is 0 Å². The van der Waals surface area contributed by atoms with E-state index in [2.05, 4.69) is 24.1 Å². The summed E-state index contributed by atoms with van der Waals surface area (Å²) in [5, 5.41) is 3.25. The standard InChI is InChI=1S/C11H17FN2/c1-3-13-7-9(2)6-10-4-5-14-8-11(10)12/h4-5,8-9,13H,3,6-7H2,1-2H3. The lowest BCUT2D eigenvalue weighted by Crippen LogP contribution is -2.22. The predicted molar refractivity (Wildman–Crippen MR) is 55.6 cm³/mol. The van der Waals surface area contributed by atoms with Gasteiger partial charge in [0, 0.05) is 6.20 Å². The Morgan fingerprint density at radius 1 is 1.57 bits per heavy atom. The molecule has 0 saturated carbocycles. The molecule has 1 rings (SSSR count). The van der Waals surface area contributed by atoms with Crippen molar-refractivity contribution in [2.45, 2.75) is 20.3 Å². The fraction of sp³-hybridized carbons (Fsp3) is 0.545. The summed E-state index contributed by atoms with van der Waals surface area (Å²) in [7, 11) is 0. The van der Waals surface area contributed by atoms with E-state index in [0.717, 1.165) is 25.1 Å². The van der Waals surface area contributed by atoms with Crippen LogP contribution in [0.25, 0.3) is 0 Å². The first-order valence-corrected chi connectivity index (χ1v) is 5.03. The molecule has 0 saturated heterocycles. The smallest absolute Gasteiger partial charge is 0.144 e. The normalized spacial score (nSPS) is 12.8. The van der Waals surface area contributed by atoms with Gasteiger partial charge in [0.2, 0.25) is 0 Å².